The van der Waals surface area contributed by atoms with Gasteiger partial charge in [0, 0.05) is 56.3 Å². The molecule has 0 radical (unpaired) electrons. The predicted molar refractivity (Wildman–Crippen MR) is 131 cm³/mol. The van der Waals surface area contributed by atoms with Gasteiger partial charge in [0.15, 0.2) is 0 Å². The Morgan fingerprint density at radius 3 is 2.75 bits per heavy atom. The van der Waals surface area contributed by atoms with Gasteiger partial charge in [0.2, 0.25) is 5.91 Å². The smallest absolute Gasteiger partial charge is 0.401 e. The number of rotatable bonds is 9. The van der Waals surface area contributed by atoms with Crippen LogP contribution in [0.5, 0.6) is 0 Å². The Balaban J connectivity index is 1.32. The van der Waals surface area contributed by atoms with E-state index in [1.807, 2.05) is 29.8 Å². The van der Waals surface area contributed by atoms with E-state index in [4.69, 9.17) is 9.40 Å². The Morgan fingerprint density at radius 2 is 2.06 bits per heavy atom. The van der Waals surface area contributed by atoms with E-state index in [0.29, 0.717) is 38.0 Å². The van der Waals surface area contributed by atoms with Gasteiger partial charge in [0.25, 0.3) is 5.91 Å². The molecule has 3 aromatic rings. The highest BCUT2D eigenvalue weighted by Gasteiger charge is 2.27. The fourth-order valence-corrected chi connectivity index (χ4v) is 4.22. The molecule has 1 fully saturated rings. The summed E-state index contributed by atoms with van der Waals surface area (Å²) in [5.41, 5.74) is 2.19. The lowest BCUT2D eigenvalue weighted by atomic mass is 9.89. The van der Waals surface area contributed by atoms with Crippen LogP contribution in [-0.4, -0.2) is 55.8 Å². The van der Waals surface area contributed by atoms with Gasteiger partial charge in [-0.2, -0.15) is 0 Å². The molecule has 11 nitrogen and oxygen atoms in total. The highest BCUT2D eigenvalue weighted by Crippen LogP contribution is 2.29. The number of aryl methyl sites for hydroxylation is 2. The molecule has 188 valence electrons. The molecule has 0 aliphatic carbocycles. The van der Waals surface area contributed by atoms with Gasteiger partial charge in [0.1, 0.15) is 10.7 Å². The zero-order valence-electron chi connectivity index (χ0n) is 20.0. The number of likely N-dealkylation sites (tertiary alicyclic amines) is 1. The maximum Gasteiger partial charge on any atom is 0.433 e. The van der Waals surface area contributed by atoms with Crippen LogP contribution in [0.15, 0.2) is 53.5 Å². The summed E-state index contributed by atoms with van der Waals surface area (Å²) in [6.07, 6.45) is 10.3. The molecule has 0 aromatic carbocycles. The third kappa shape index (κ3) is 6.23. The molecule has 4 heterocycles. The standard InChI is InChI=1S/C25H28N6O5/c1-18-3-6-21(25(33)27-11-2-13-29-16-12-26-17-29)24(28-18)19-9-14-30(15-10-19)22(32)7-4-20-5-8-23(36-20)31(34)35/h3-8,12,16-17,19H,2,9-11,13-15H2,1H3,(H,27,33)/b7-4+. The van der Waals surface area contributed by atoms with Crippen LogP contribution in [0.1, 0.15) is 52.7 Å². The Bertz CT molecular complexity index is 1240. The van der Waals surface area contributed by atoms with Gasteiger partial charge < -0.3 is 19.2 Å². The second kappa shape index (κ2) is 11.4. The SMILES string of the molecule is Cc1ccc(C(=O)NCCCn2ccnc2)c(C2CCN(C(=O)/C=C/c3ccc([N+](=O)[O-])o3)CC2)n1. The summed E-state index contributed by atoms with van der Waals surface area (Å²) in [4.78, 5) is 46.0. The number of carbonyl (C=O) groups excluding carboxylic acids is 2. The Kier molecular flexibility index (Phi) is 7.89. The van der Waals surface area contributed by atoms with Crippen molar-refractivity contribution >= 4 is 23.8 Å². The maximum absolute atomic E-state index is 12.9. The number of nitrogens with zero attached hydrogens (tertiary/aromatic N) is 5. The molecule has 0 saturated carbocycles. The minimum Gasteiger partial charge on any atom is -0.401 e. The van der Waals surface area contributed by atoms with Crippen LogP contribution in [0.3, 0.4) is 0 Å². The van der Waals surface area contributed by atoms with Crippen LogP contribution >= 0.6 is 0 Å². The summed E-state index contributed by atoms with van der Waals surface area (Å²) in [6, 6.07) is 6.36. The van der Waals surface area contributed by atoms with Crippen LogP contribution in [0.25, 0.3) is 6.08 Å². The van der Waals surface area contributed by atoms with Gasteiger partial charge in [-0.25, -0.2) is 4.98 Å². The monoisotopic (exact) mass is 492 g/mol. The minimum absolute atomic E-state index is 0.0670. The van der Waals surface area contributed by atoms with E-state index in [-0.39, 0.29) is 29.4 Å². The average molecular weight is 493 g/mol. The van der Waals surface area contributed by atoms with Gasteiger partial charge >= 0.3 is 5.88 Å². The molecular formula is C25H28N6O5. The zero-order chi connectivity index (χ0) is 25.5. The Labute approximate surface area is 208 Å². The third-order valence-corrected chi connectivity index (χ3v) is 6.12. The summed E-state index contributed by atoms with van der Waals surface area (Å²) in [5.74, 6) is -0.392. The number of furan rings is 1. The first kappa shape index (κ1) is 24.8. The number of carbonyl (C=O) groups is 2. The quantitative estimate of drug-likeness (QED) is 0.209. The molecule has 1 saturated heterocycles. The highest BCUT2D eigenvalue weighted by atomic mass is 16.6. The van der Waals surface area contributed by atoms with E-state index in [1.54, 1.807) is 17.4 Å². The third-order valence-electron chi connectivity index (χ3n) is 6.12. The molecule has 0 unspecified atom stereocenters. The van der Waals surface area contributed by atoms with Crippen molar-refractivity contribution in [1.82, 2.24) is 24.8 Å². The second-order valence-electron chi connectivity index (χ2n) is 8.66. The summed E-state index contributed by atoms with van der Waals surface area (Å²) >= 11 is 0. The average Bonchev–Trinajstić information content (AvgIpc) is 3.57. The molecule has 36 heavy (non-hydrogen) atoms. The molecule has 2 amide bonds. The number of piperidine rings is 1. The molecule has 4 rings (SSSR count). The van der Waals surface area contributed by atoms with Crippen molar-refractivity contribution in [3.63, 3.8) is 0 Å². The molecule has 0 bridgehead atoms. The molecular weight excluding hydrogens is 464 g/mol. The van der Waals surface area contributed by atoms with Crippen molar-refractivity contribution in [3.05, 3.63) is 81.9 Å². The molecule has 11 heteroatoms. The predicted octanol–water partition coefficient (Wildman–Crippen LogP) is 3.33. The van der Waals surface area contributed by atoms with Crippen molar-refractivity contribution in [2.45, 2.75) is 38.6 Å². The number of hydrogen-bond donors (Lipinski definition) is 1. The number of imidazole rings is 1. The van der Waals surface area contributed by atoms with E-state index in [1.165, 1.54) is 24.3 Å². The fourth-order valence-electron chi connectivity index (χ4n) is 4.22. The van der Waals surface area contributed by atoms with Gasteiger partial charge in [-0.15, -0.1) is 0 Å². The Morgan fingerprint density at radius 1 is 1.25 bits per heavy atom. The van der Waals surface area contributed by atoms with Gasteiger partial charge in [-0.05, 0) is 50.5 Å². The molecule has 1 N–H and O–H groups in total. The van der Waals surface area contributed by atoms with Gasteiger partial charge in [-0.1, -0.05) is 0 Å². The van der Waals surface area contributed by atoms with Crippen molar-refractivity contribution in [1.29, 1.82) is 0 Å². The lowest BCUT2D eigenvalue weighted by Crippen LogP contribution is -2.37. The first-order chi connectivity index (χ1) is 17.4. The molecule has 0 spiro atoms. The van der Waals surface area contributed by atoms with Crippen LogP contribution in [0, 0.1) is 17.0 Å². The number of nitro groups is 1. The first-order valence-corrected chi connectivity index (χ1v) is 11.8. The molecule has 3 aromatic heterocycles. The minimum atomic E-state index is -0.626. The number of nitrogens with one attached hydrogen (secondary N) is 1. The van der Waals surface area contributed by atoms with Crippen LogP contribution in [0.4, 0.5) is 5.88 Å². The van der Waals surface area contributed by atoms with E-state index >= 15 is 0 Å². The second-order valence-corrected chi connectivity index (χ2v) is 8.66. The summed E-state index contributed by atoms with van der Waals surface area (Å²) < 4.78 is 7.02. The van der Waals surface area contributed by atoms with Crippen molar-refractivity contribution in [2.24, 2.45) is 0 Å². The van der Waals surface area contributed by atoms with E-state index < -0.39 is 4.92 Å². The summed E-state index contributed by atoms with van der Waals surface area (Å²) in [5, 5.41) is 13.7. The number of pyridine rings is 1. The summed E-state index contributed by atoms with van der Waals surface area (Å²) in [7, 11) is 0. The first-order valence-electron chi connectivity index (χ1n) is 11.8. The topological polar surface area (TPSA) is 136 Å². The van der Waals surface area contributed by atoms with Crippen molar-refractivity contribution in [2.75, 3.05) is 19.6 Å². The number of aromatic nitrogens is 3. The molecule has 1 aliphatic rings. The van der Waals surface area contributed by atoms with E-state index in [0.717, 1.165) is 24.4 Å². The van der Waals surface area contributed by atoms with Gasteiger partial charge in [0.05, 0.1) is 23.7 Å². The largest absolute Gasteiger partial charge is 0.433 e. The lowest BCUT2D eigenvalue weighted by molar-refractivity contribution is -0.402. The van der Waals surface area contributed by atoms with Crippen LogP contribution < -0.4 is 5.32 Å². The number of hydrogen-bond acceptors (Lipinski definition) is 7. The van der Waals surface area contributed by atoms with Gasteiger partial charge in [-0.3, -0.25) is 24.7 Å². The molecule has 1 aliphatic heterocycles. The highest BCUT2D eigenvalue weighted by molar-refractivity contribution is 5.95. The van der Waals surface area contributed by atoms with Crippen molar-refractivity contribution in [3.8, 4) is 0 Å². The van der Waals surface area contributed by atoms with Crippen molar-refractivity contribution < 1.29 is 18.9 Å². The summed E-state index contributed by atoms with van der Waals surface area (Å²) in [6.45, 7) is 4.26. The maximum atomic E-state index is 12.9. The normalized spacial score (nSPS) is 14.3. The zero-order valence-corrected chi connectivity index (χ0v) is 20.0. The van der Waals surface area contributed by atoms with E-state index in [9.17, 15) is 19.7 Å². The Hall–Kier alpha value is -4.28. The molecule has 0 atom stereocenters. The number of amides is 2. The fraction of sp³-hybridized carbons (Fsp3) is 0.360. The lowest BCUT2D eigenvalue weighted by Gasteiger charge is -2.31. The van der Waals surface area contributed by atoms with E-state index in [2.05, 4.69) is 10.3 Å². The van der Waals surface area contributed by atoms with Crippen LogP contribution in [0.2, 0.25) is 0 Å². The van der Waals surface area contributed by atoms with Crippen LogP contribution in [-0.2, 0) is 11.3 Å².